The Morgan fingerprint density at radius 3 is 2.55 bits per heavy atom. The minimum Gasteiger partial charge on any atom is -0.338 e. The summed E-state index contributed by atoms with van der Waals surface area (Å²) >= 11 is 0. The predicted octanol–water partition coefficient (Wildman–Crippen LogP) is 9.22. The monoisotopic (exact) mass is 639 g/mol. The van der Waals surface area contributed by atoms with Crippen molar-refractivity contribution in [2.75, 3.05) is 9.80 Å². The van der Waals surface area contributed by atoms with Crippen LogP contribution in [-0.4, -0.2) is 23.7 Å². The largest absolute Gasteiger partial charge is 0.338 e. The van der Waals surface area contributed by atoms with Crippen molar-refractivity contribution < 1.29 is 0 Å². The molecule has 1 aromatic rings. The molecule has 49 heavy (non-hydrogen) atoms. The summed E-state index contributed by atoms with van der Waals surface area (Å²) in [6, 6.07) is 5.78. The highest BCUT2D eigenvalue weighted by Gasteiger charge is 2.64. The fraction of sp³-hybridized carbons (Fsp3) is 0.422. The summed E-state index contributed by atoms with van der Waals surface area (Å²) in [4.78, 5) is 8.62. The molecule has 1 saturated heterocycles. The van der Waals surface area contributed by atoms with E-state index in [9.17, 15) is 0 Å². The SMILES string of the molecule is CC1(C)C2=CC=CCC2N2C3=C4B5C6=C(CCC7=C6N(C6=CC=CCC6C7(C)C)c6ccc1c2c65)N1C2=CCCC=C2C(C)(C)C(C=C3)C41. The fourth-order valence-electron chi connectivity index (χ4n) is 13.1. The van der Waals surface area contributed by atoms with E-state index >= 15 is 0 Å². The molecule has 4 heteroatoms. The molecule has 0 aromatic heterocycles. The van der Waals surface area contributed by atoms with Gasteiger partial charge in [-0.25, -0.2) is 0 Å². The summed E-state index contributed by atoms with van der Waals surface area (Å²) < 4.78 is 0. The molecular formula is C45H46BN3. The number of allylic oxidation sites excluding steroid dienone is 13. The van der Waals surface area contributed by atoms with E-state index in [0.717, 1.165) is 38.5 Å². The van der Waals surface area contributed by atoms with Gasteiger partial charge in [0.05, 0.1) is 12.1 Å². The van der Waals surface area contributed by atoms with Gasteiger partial charge in [-0.2, -0.15) is 0 Å². The van der Waals surface area contributed by atoms with Gasteiger partial charge >= 0.3 is 0 Å². The van der Waals surface area contributed by atoms with Crippen molar-refractivity contribution in [2.24, 2.45) is 22.7 Å². The van der Waals surface area contributed by atoms with Crippen LogP contribution in [-0.2, 0) is 5.41 Å². The summed E-state index contributed by atoms with van der Waals surface area (Å²) in [6.07, 6.45) is 31.7. The van der Waals surface area contributed by atoms with Gasteiger partial charge in [-0.1, -0.05) is 96.2 Å². The molecule has 4 unspecified atom stereocenters. The first-order chi connectivity index (χ1) is 23.6. The maximum atomic E-state index is 2.94. The summed E-state index contributed by atoms with van der Waals surface area (Å²) in [6.45, 7) is 15.5. The van der Waals surface area contributed by atoms with E-state index in [2.05, 4.69) is 129 Å². The smallest absolute Gasteiger partial charge is 0.252 e. The lowest BCUT2D eigenvalue weighted by Gasteiger charge is -2.65. The summed E-state index contributed by atoms with van der Waals surface area (Å²) in [5.74, 6) is 0.927. The van der Waals surface area contributed by atoms with Gasteiger partial charge in [-0.15, -0.1) is 0 Å². The molecular weight excluding hydrogens is 593 g/mol. The zero-order chi connectivity index (χ0) is 32.9. The normalized spacial score (nSPS) is 33.3. The summed E-state index contributed by atoms with van der Waals surface area (Å²) in [7, 11) is 0. The van der Waals surface area contributed by atoms with Crippen molar-refractivity contribution in [1.29, 1.82) is 0 Å². The van der Waals surface area contributed by atoms with Crippen LogP contribution in [0.25, 0.3) is 0 Å². The van der Waals surface area contributed by atoms with Crippen LogP contribution >= 0.6 is 0 Å². The Balaban J connectivity index is 1.26. The molecule has 6 aliphatic heterocycles. The number of hydrogen-bond acceptors (Lipinski definition) is 3. The van der Waals surface area contributed by atoms with Crippen LogP contribution in [0.5, 0.6) is 0 Å². The van der Waals surface area contributed by atoms with Crippen LogP contribution in [0, 0.1) is 22.7 Å². The van der Waals surface area contributed by atoms with Crippen LogP contribution < -0.4 is 15.3 Å². The average molecular weight is 640 g/mol. The van der Waals surface area contributed by atoms with Crippen LogP contribution in [0.15, 0.2) is 129 Å². The average Bonchev–Trinajstić information content (AvgIpc) is 3.10. The zero-order valence-corrected chi connectivity index (χ0v) is 29.9. The third kappa shape index (κ3) is 2.90. The molecule has 5 aliphatic carbocycles. The Hall–Kier alpha value is -3.92. The standard InChI is InChI=1S/C45H46BN3/c1-43(2)25-13-7-10-16-31(25)47-35-23-20-29-41-38(35)46-37-34(22-19-28(43)40(37)47)48-32-17-11-8-14-26(32)44(3,4)30-21-24-36(39(46)42(30)48)49(41)33-18-12-9-15-27(33)45(29,5)6/h7-8,10-11,13,15,17-20,22-23,26,29,31,41H,9,12,14,16,21,24H2,1-6H3. The first-order valence-electron chi connectivity index (χ1n) is 19.2. The molecule has 11 aliphatic rings. The second-order valence-electron chi connectivity index (χ2n) is 18.2. The minimum absolute atomic E-state index is 0.0280. The van der Waals surface area contributed by atoms with Gasteiger partial charge in [0.15, 0.2) is 0 Å². The number of anilines is 2. The van der Waals surface area contributed by atoms with Crippen molar-refractivity contribution in [3.05, 3.63) is 135 Å². The van der Waals surface area contributed by atoms with E-state index in [0.29, 0.717) is 30.6 Å². The van der Waals surface area contributed by atoms with E-state index in [4.69, 9.17) is 0 Å². The highest BCUT2D eigenvalue weighted by molar-refractivity contribution is 6.91. The van der Waals surface area contributed by atoms with Crippen molar-refractivity contribution >= 4 is 23.6 Å². The Bertz CT molecular complexity index is 2200. The van der Waals surface area contributed by atoms with E-state index in [-0.39, 0.29) is 16.2 Å². The topological polar surface area (TPSA) is 9.72 Å². The highest BCUT2D eigenvalue weighted by atomic mass is 15.3. The Labute approximate surface area is 292 Å². The quantitative estimate of drug-likeness (QED) is 0.262. The molecule has 1 aromatic carbocycles. The number of benzene rings is 1. The number of hydrogen-bond donors (Lipinski definition) is 0. The molecule has 4 atom stereocenters. The van der Waals surface area contributed by atoms with Crippen LogP contribution in [0.1, 0.15) is 85.6 Å². The first-order valence-corrected chi connectivity index (χ1v) is 19.2. The lowest BCUT2D eigenvalue weighted by atomic mass is 9.26. The number of piperidine rings is 1. The maximum Gasteiger partial charge on any atom is 0.252 e. The lowest BCUT2D eigenvalue weighted by molar-refractivity contribution is 0.146. The highest BCUT2D eigenvalue weighted by Crippen LogP contribution is 2.66. The molecule has 0 bridgehead atoms. The van der Waals surface area contributed by atoms with Crippen molar-refractivity contribution in [2.45, 2.75) is 97.6 Å². The fourth-order valence-corrected chi connectivity index (χ4v) is 13.1. The third-order valence-corrected chi connectivity index (χ3v) is 15.3. The maximum absolute atomic E-state index is 2.94. The number of nitrogens with zero attached hydrogens (tertiary/aromatic N) is 3. The van der Waals surface area contributed by atoms with E-state index in [1.807, 2.05) is 0 Å². The minimum atomic E-state index is -0.0280. The van der Waals surface area contributed by atoms with Crippen LogP contribution in [0.4, 0.5) is 11.4 Å². The number of rotatable bonds is 0. The Morgan fingerprint density at radius 2 is 1.67 bits per heavy atom. The molecule has 3 nitrogen and oxygen atoms in total. The summed E-state index contributed by atoms with van der Waals surface area (Å²) in [5, 5.41) is 0. The zero-order valence-electron chi connectivity index (χ0n) is 29.9. The molecule has 244 valence electrons. The Morgan fingerprint density at radius 1 is 0.857 bits per heavy atom. The van der Waals surface area contributed by atoms with E-state index in [1.165, 1.54) is 34.0 Å². The molecule has 0 spiro atoms. The van der Waals surface area contributed by atoms with Crippen molar-refractivity contribution in [1.82, 2.24) is 4.90 Å². The third-order valence-electron chi connectivity index (χ3n) is 15.3. The van der Waals surface area contributed by atoms with Gasteiger partial charge < -0.3 is 14.7 Å². The second-order valence-corrected chi connectivity index (χ2v) is 18.2. The van der Waals surface area contributed by atoms with E-state index in [1.54, 1.807) is 44.5 Å². The van der Waals surface area contributed by atoms with Crippen molar-refractivity contribution in [3.8, 4) is 0 Å². The van der Waals surface area contributed by atoms with Gasteiger partial charge in [0, 0.05) is 57.1 Å². The molecule has 0 radical (unpaired) electrons. The Kier molecular flexibility index (Phi) is 4.84. The predicted molar refractivity (Wildman–Crippen MR) is 202 cm³/mol. The second kappa shape index (κ2) is 8.51. The van der Waals surface area contributed by atoms with Gasteiger partial charge in [0.2, 0.25) is 0 Å². The van der Waals surface area contributed by atoms with Gasteiger partial charge in [0.25, 0.3) is 6.71 Å². The van der Waals surface area contributed by atoms with Crippen LogP contribution in [0.2, 0.25) is 0 Å². The molecule has 12 rings (SSSR count). The molecule has 0 N–H and O–H groups in total. The molecule has 0 saturated carbocycles. The van der Waals surface area contributed by atoms with Gasteiger partial charge in [-0.3, -0.25) is 0 Å². The van der Waals surface area contributed by atoms with Crippen molar-refractivity contribution in [3.63, 3.8) is 0 Å². The van der Waals surface area contributed by atoms with Gasteiger partial charge in [-0.05, 0) is 106 Å². The molecule has 0 amide bonds. The molecule has 1 fully saturated rings. The first kappa shape index (κ1) is 27.9. The van der Waals surface area contributed by atoms with Gasteiger partial charge in [0.1, 0.15) is 0 Å². The molecule has 6 heterocycles. The lowest BCUT2D eigenvalue weighted by Crippen LogP contribution is -2.68. The van der Waals surface area contributed by atoms with E-state index < -0.39 is 0 Å². The van der Waals surface area contributed by atoms with Crippen LogP contribution in [0.3, 0.4) is 0 Å². The number of fused-ring (bicyclic) bond motifs is 9. The summed E-state index contributed by atoms with van der Waals surface area (Å²) in [5.41, 5.74) is 22.2.